The van der Waals surface area contributed by atoms with Gasteiger partial charge in [0.15, 0.2) is 17.3 Å². The number of hydrogen-bond donors (Lipinski definition) is 0. The van der Waals surface area contributed by atoms with Crippen LogP contribution in [0.25, 0.3) is 0 Å². The number of alkyl halides is 4. The fourth-order valence-corrected chi connectivity index (χ4v) is 8.22. The van der Waals surface area contributed by atoms with Crippen molar-refractivity contribution in [2.45, 2.75) is 62.4 Å². The summed E-state index contributed by atoms with van der Waals surface area (Å²) in [4.78, 5) is 36.0. The van der Waals surface area contributed by atoms with Crippen LogP contribution in [0.15, 0.2) is 11.6 Å². The van der Waals surface area contributed by atoms with E-state index in [1.54, 1.807) is 6.92 Å². The summed E-state index contributed by atoms with van der Waals surface area (Å²) >= 11 is 14.0. The molecule has 28 heavy (non-hydrogen) atoms. The van der Waals surface area contributed by atoms with E-state index < -0.39 is 57.3 Å². The first kappa shape index (κ1) is 20.5. The van der Waals surface area contributed by atoms with E-state index in [1.807, 2.05) is 6.92 Å². The van der Waals surface area contributed by atoms with Crippen molar-refractivity contribution in [2.75, 3.05) is 6.67 Å². The van der Waals surface area contributed by atoms with Gasteiger partial charge in [-0.3, -0.25) is 14.4 Å². The van der Waals surface area contributed by atoms with Gasteiger partial charge in [-0.2, -0.15) is 0 Å². The van der Waals surface area contributed by atoms with Gasteiger partial charge >= 0.3 is 0 Å². The third kappa shape index (κ3) is 2.29. The summed E-state index contributed by atoms with van der Waals surface area (Å²) in [5.41, 5.74) is -1.78. The van der Waals surface area contributed by atoms with Gasteiger partial charge in [-0.15, -0.1) is 23.2 Å². The SMILES string of the molecule is C[C@]12CC(Cl)[C@@]3(Cl)[C@@H](CC(F)C4=CC(=O)CC(=O)[C@@]43C)[C@@H]1CC[C@@H]2C(=O)CF. The fraction of sp³-hybridized carbons (Fsp3) is 0.762. The Kier molecular flexibility index (Phi) is 4.63. The molecule has 0 radical (unpaired) electrons. The molecule has 154 valence electrons. The monoisotopic (exact) mass is 432 g/mol. The van der Waals surface area contributed by atoms with E-state index >= 15 is 4.39 Å². The molecule has 0 heterocycles. The number of halogens is 4. The van der Waals surface area contributed by atoms with E-state index in [9.17, 15) is 18.8 Å². The number of hydrogen-bond acceptors (Lipinski definition) is 3. The van der Waals surface area contributed by atoms with Gasteiger partial charge in [0.2, 0.25) is 0 Å². The van der Waals surface area contributed by atoms with E-state index in [2.05, 4.69) is 0 Å². The molecule has 2 unspecified atom stereocenters. The summed E-state index contributed by atoms with van der Waals surface area (Å²) in [5.74, 6) is -2.24. The molecule has 0 saturated heterocycles. The molecule has 3 saturated carbocycles. The maximum atomic E-state index is 15.3. The first-order valence-electron chi connectivity index (χ1n) is 9.85. The number of ketones is 3. The van der Waals surface area contributed by atoms with Gasteiger partial charge in [-0.25, -0.2) is 8.78 Å². The van der Waals surface area contributed by atoms with Crippen molar-refractivity contribution in [3.63, 3.8) is 0 Å². The van der Waals surface area contributed by atoms with Gasteiger partial charge in [0.05, 0.1) is 22.1 Å². The molecular weight excluding hydrogens is 409 g/mol. The molecule has 3 fully saturated rings. The smallest absolute Gasteiger partial charge is 0.167 e. The zero-order valence-corrected chi connectivity index (χ0v) is 17.5. The van der Waals surface area contributed by atoms with Crippen LogP contribution >= 0.6 is 23.2 Å². The lowest BCUT2D eigenvalue weighted by atomic mass is 9.45. The lowest BCUT2D eigenvalue weighted by Crippen LogP contribution is -2.69. The van der Waals surface area contributed by atoms with Crippen molar-refractivity contribution in [2.24, 2.45) is 28.6 Å². The number of rotatable bonds is 2. The molecule has 0 bridgehead atoms. The van der Waals surface area contributed by atoms with Gasteiger partial charge in [0.1, 0.15) is 12.8 Å². The van der Waals surface area contributed by atoms with Crippen molar-refractivity contribution in [3.05, 3.63) is 11.6 Å². The molecule has 0 aromatic rings. The summed E-state index contributed by atoms with van der Waals surface area (Å²) in [6, 6.07) is 0. The van der Waals surface area contributed by atoms with Crippen LogP contribution in [0.2, 0.25) is 0 Å². The summed E-state index contributed by atoms with van der Waals surface area (Å²) in [6.45, 7) is 2.53. The zero-order chi connectivity index (χ0) is 20.6. The minimum absolute atomic E-state index is 0.0610. The van der Waals surface area contributed by atoms with Crippen molar-refractivity contribution < 1.29 is 23.2 Å². The molecule has 0 aliphatic heterocycles. The molecule has 4 aliphatic rings. The normalized spacial score (nSPS) is 50.5. The van der Waals surface area contributed by atoms with E-state index in [1.165, 1.54) is 6.08 Å². The van der Waals surface area contributed by atoms with Gasteiger partial charge < -0.3 is 0 Å². The Bertz CT molecular complexity index is 799. The molecule has 8 atom stereocenters. The summed E-state index contributed by atoms with van der Waals surface area (Å²) in [6.07, 6.45) is 1.06. The Balaban J connectivity index is 1.84. The molecule has 0 aromatic heterocycles. The van der Waals surface area contributed by atoms with E-state index in [-0.39, 0.29) is 30.1 Å². The molecule has 0 aromatic carbocycles. The van der Waals surface area contributed by atoms with Crippen LogP contribution in [-0.4, -0.2) is 40.4 Å². The van der Waals surface area contributed by atoms with Crippen LogP contribution < -0.4 is 0 Å². The average Bonchev–Trinajstić information content (AvgIpc) is 2.96. The largest absolute Gasteiger partial charge is 0.298 e. The minimum Gasteiger partial charge on any atom is -0.298 e. The molecule has 4 rings (SSSR count). The van der Waals surface area contributed by atoms with Gasteiger partial charge in [-0.1, -0.05) is 6.92 Å². The highest BCUT2D eigenvalue weighted by Crippen LogP contribution is 2.71. The van der Waals surface area contributed by atoms with Crippen LogP contribution in [-0.2, 0) is 14.4 Å². The Labute approximate surface area is 173 Å². The first-order valence-corrected chi connectivity index (χ1v) is 10.7. The number of carbonyl (C=O) groups is 3. The zero-order valence-electron chi connectivity index (χ0n) is 15.9. The summed E-state index contributed by atoms with van der Waals surface area (Å²) in [7, 11) is 0. The molecule has 0 spiro atoms. The van der Waals surface area contributed by atoms with Crippen LogP contribution in [0.4, 0.5) is 8.78 Å². The van der Waals surface area contributed by atoms with Gasteiger partial charge in [0.25, 0.3) is 0 Å². The Morgan fingerprint density at radius 3 is 2.57 bits per heavy atom. The van der Waals surface area contributed by atoms with Gasteiger partial charge in [0, 0.05) is 5.92 Å². The highest BCUT2D eigenvalue weighted by molar-refractivity contribution is 6.35. The molecule has 0 N–H and O–H groups in total. The van der Waals surface area contributed by atoms with Crippen molar-refractivity contribution in [1.29, 1.82) is 0 Å². The molecule has 0 amide bonds. The maximum absolute atomic E-state index is 15.3. The summed E-state index contributed by atoms with van der Waals surface area (Å²) < 4.78 is 28.4. The molecule has 3 nitrogen and oxygen atoms in total. The van der Waals surface area contributed by atoms with E-state index in [0.717, 1.165) is 0 Å². The number of fused-ring (bicyclic) bond motifs is 5. The predicted molar refractivity (Wildman–Crippen MR) is 102 cm³/mol. The first-order chi connectivity index (χ1) is 13.0. The van der Waals surface area contributed by atoms with Crippen LogP contribution in [0.3, 0.4) is 0 Å². The maximum Gasteiger partial charge on any atom is 0.167 e. The van der Waals surface area contributed by atoms with E-state index in [4.69, 9.17) is 23.2 Å². The minimum atomic E-state index is -1.46. The highest BCUT2D eigenvalue weighted by Gasteiger charge is 2.73. The number of allylic oxidation sites excluding steroid dienone is 1. The molecule has 7 heteroatoms. The predicted octanol–water partition coefficient (Wildman–Crippen LogP) is 4.38. The van der Waals surface area contributed by atoms with Crippen LogP contribution in [0, 0.1) is 28.6 Å². The third-order valence-corrected chi connectivity index (χ3v) is 9.91. The third-order valence-electron chi connectivity index (χ3n) is 8.38. The lowest BCUT2D eigenvalue weighted by molar-refractivity contribution is -0.141. The standard InChI is InChI=1S/C21H24Cl2F2O3/c1-19-8-17(22)21(23)13(11(19)3-4-12(19)16(27)9-24)7-15(25)14-5-10(26)6-18(28)20(14,21)2/h5,11-13,15,17H,3-4,6-9H2,1-2H3/t11-,12+,13-,15?,17?,19-,20+,21-/m0/s1. The topological polar surface area (TPSA) is 51.2 Å². The van der Waals surface area contributed by atoms with E-state index in [0.29, 0.717) is 19.3 Å². The Morgan fingerprint density at radius 1 is 1.25 bits per heavy atom. The fourth-order valence-electron chi connectivity index (χ4n) is 6.97. The Morgan fingerprint density at radius 2 is 1.93 bits per heavy atom. The van der Waals surface area contributed by atoms with Crippen molar-refractivity contribution in [1.82, 2.24) is 0 Å². The highest BCUT2D eigenvalue weighted by atomic mass is 35.5. The average molecular weight is 433 g/mol. The second-order valence-corrected chi connectivity index (χ2v) is 10.5. The van der Waals surface area contributed by atoms with Crippen LogP contribution in [0.1, 0.15) is 46.0 Å². The van der Waals surface area contributed by atoms with Crippen molar-refractivity contribution in [3.8, 4) is 0 Å². The second-order valence-electron chi connectivity index (χ2n) is 9.38. The lowest BCUT2D eigenvalue weighted by Gasteiger charge is -2.63. The number of carbonyl (C=O) groups excluding carboxylic acids is 3. The van der Waals surface area contributed by atoms with Crippen LogP contribution in [0.5, 0.6) is 0 Å². The Hall–Kier alpha value is -0.810. The quantitative estimate of drug-likeness (QED) is 0.480. The molecule has 4 aliphatic carbocycles. The number of Topliss-reactive ketones (excluding diaryl/α,β-unsaturated/α-hetero) is 2. The second kappa shape index (κ2) is 6.34. The van der Waals surface area contributed by atoms with Gasteiger partial charge in [-0.05, 0) is 61.5 Å². The summed E-state index contributed by atoms with van der Waals surface area (Å²) in [5, 5.41) is -0.702. The molecular formula is C21H24Cl2F2O3. The van der Waals surface area contributed by atoms with Crippen molar-refractivity contribution >= 4 is 40.6 Å².